The fourth-order valence-corrected chi connectivity index (χ4v) is 2.01. The highest BCUT2D eigenvalue weighted by atomic mass is 16.5. The minimum Gasteiger partial charge on any atom is -0.481 e. The van der Waals surface area contributed by atoms with Crippen LogP contribution in [-0.2, 0) is 9.53 Å². The Balaban J connectivity index is 2.27. The number of likely N-dealkylation sites (tertiary alicyclic amines) is 1. The average Bonchev–Trinajstić information content (AvgIpc) is 2.45. The predicted octanol–water partition coefficient (Wildman–Crippen LogP) is 0.675. The Labute approximate surface area is 84.8 Å². The maximum absolute atomic E-state index is 10.4. The van der Waals surface area contributed by atoms with Gasteiger partial charge in [-0.1, -0.05) is 6.92 Å². The normalized spacial score (nSPS) is 28.1. The molecule has 14 heavy (non-hydrogen) atoms. The Hall–Kier alpha value is -0.610. The number of ether oxygens (including phenoxy) is 1. The third kappa shape index (κ3) is 3.27. The number of nitrogens with zero attached hydrogens (tertiary/aromatic N) is 1. The topological polar surface area (TPSA) is 49.8 Å². The number of carboxylic acid groups (broad SMARTS) is 1. The van der Waals surface area contributed by atoms with Gasteiger partial charge in [-0.3, -0.25) is 4.79 Å². The van der Waals surface area contributed by atoms with Crippen LogP contribution in [0, 0.1) is 11.8 Å². The Morgan fingerprint density at radius 1 is 1.57 bits per heavy atom. The van der Waals surface area contributed by atoms with Crippen LogP contribution in [0.4, 0.5) is 0 Å². The van der Waals surface area contributed by atoms with Crippen LogP contribution in [0.25, 0.3) is 0 Å². The lowest BCUT2D eigenvalue weighted by atomic mass is 10.00. The Morgan fingerprint density at radius 3 is 2.86 bits per heavy atom. The summed E-state index contributed by atoms with van der Waals surface area (Å²) in [5.41, 5.74) is 0. The van der Waals surface area contributed by atoms with Crippen LogP contribution in [0.3, 0.4) is 0 Å². The van der Waals surface area contributed by atoms with Crippen molar-refractivity contribution in [3.63, 3.8) is 0 Å². The molecule has 0 aromatic rings. The van der Waals surface area contributed by atoms with Crippen molar-refractivity contribution in [1.82, 2.24) is 4.90 Å². The zero-order valence-corrected chi connectivity index (χ0v) is 8.90. The lowest BCUT2D eigenvalue weighted by Gasteiger charge is -2.13. The molecule has 1 heterocycles. The van der Waals surface area contributed by atoms with Crippen LogP contribution in [0.15, 0.2) is 0 Å². The number of carboxylic acids is 1. The summed E-state index contributed by atoms with van der Waals surface area (Å²) >= 11 is 0. The molecule has 0 aromatic carbocycles. The van der Waals surface area contributed by atoms with Gasteiger partial charge < -0.3 is 14.7 Å². The van der Waals surface area contributed by atoms with E-state index in [1.165, 1.54) is 0 Å². The molecule has 82 valence electrons. The van der Waals surface area contributed by atoms with E-state index in [9.17, 15) is 4.79 Å². The number of methoxy groups -OCH3 is 1. The van der Waals surface area contributed by atoms with Crippen LogP contribution in [0.5, 0.6) is 0 Å². The van der Waals surface area contributed by atoms with E-state index >= 15 is 0 Å². The quantitative estimate of drug-likeness (QED) is 0.710. The first kappa shape index (κ1) is 11.5. The molecule has 0 bridgehead atoms. The summed E-state index contributed by atoms with van der Waals surface area (Å²) in [6.07, 6.45) is 0.242. The summed E-state index contributed by atoms with van der Waals surface area (Å²) in [7, 11) is 1.71. The molecule has 0 amide bonds. The number of rotatable bonds is 5. The van der Waals surface area contributed by atoms with Crippen molar-refractivity contribution in [2.45, 2.75) is 13.3 Å². The first-order valence-electron chi connectivity index (χ1n) is 5.06. The summed E-state index contributed by atoms with van der Waals surface area (Å²) in [5, 5.41) is 8.56. The molecule has 0 aromatic heterocycles. The highest BCUT2D eigenvalue weighted by Gasteiger charge is 2.29. The smallest absolute Gasteiger partial charge is 0.304 e. The van der Waals surface area contributed by atoms with Gasteiger partial charge in [-0.05, 0) is 11.8 Å². The zero-order valence-electron chi connectivity index (χ0n) is 8.90. The predicted molar refractivity (Wildman–Crippen MR) is 53.2 cm³/mol. The van der Waals surface area contributed by atoms with Crippen molar-refractivity contribution < 1.29 is 14.6 Å². The maximum Gasteiger partial charge on any atom is 0.304 e. The molecule has 1 aliphatic heterocycles. The first-order chi connectivity index (χ1) is 6.63. The molecule has 0 aliphatic carbocycles. The third-order valence-corrected chi connectivity index (χ3v) is 2.87. The molecule has 0 saturated carbocycles. The van der Waals surface area contributed by atoms with Crippen molar-refractivity contribution in [3.05, 3.63) is 0 Å². The van der Waals surface area contributed by atoms with Crippen molar-refractivity contribution in [2.24, 2.45) is 11.8 Å². The van der Waals surface area contributed by atoms with Crippen molar-refractivity contribution >= 4 is 5.97 Å². The van der Waals surface area contributed by atoms with Gasteiger partial charge in [0, 0.05) is 26.7 Å². The van der Waals surface area contributed by atoms with Gasteiger partial charge in [0.1, 0.15) is 0 Å². The van der Waals surface area contributed by atoms with Crippen LogP contribution >= 0.6 is 0 Å². The van der Waals surface area contributed by atoms with Crippen LogP contribution in [-0.4, -0.2) is 49.3 Å². The molecular weight excluding hydrogens is 182 g/mol. The van der Waals surface area contributed by atoms with Gasteiger partial charge in [0.05, 0.1) is 13.0 Å². The summed E-state index contributed by atoms with van der Waals surface area (Å²) in [5.74, 6) is 0.463. The minimum absolute atomic E-state index is 0.242. The van der Waals surface area contributed by atoms with E-state index in [1.807, 2.05) is 0 Å². The summed E-state index contributed by atoms with van der Waals surface area (Å²) in [4.78, 5) is 12.6. The third-order valence-electron chi connectivity index (χ3n) is 2.87. The summed E-state index contributed by atoms with van der Waals surface area (Å²) in [6.45, 7) is 5.62. The molecule has 4 nitrogen and oxygen atoms in total. The van der Waals surface area contributed by atoms with E-state index < -0.39 is 5.97 Å². The van der Waals surface area contributed by atoms with Gasteiger partial charge in [0.15, 0.2) is 0 Å². The van der Waals surface area contributed by atoms with Gasteiger partial charge in [0.25, 0.3) is 0 Å². The van der Waals surface area contributed by atoms with Crippen molar-refractivity contribution in [2.75, 3.05) is 33.4 Å². The highest BCUT2D eigenvalue weighted by Crippen LogP contribution is 2.22. The molecule has 0 spiro atoms. The molecule has 1 saturated heterocycles. The average molecular weight is 201 g/mol. The monoisotopic (exact) mass is 201 g/mol. The standard InChI is InChI=1S/C10H19NO3/c1-8-5-11(4-3-10(12)13)6-9(8)7-14-2/h8-9H,3-7H2,1-2H3,(H,12,13)/t8-,9-/m0/s1. The molecular formula is C10H19NO3. The second kappa shape index (κ2) is 5.32. The van der Waals surface area contributed by atoms with Crippen LogP contribution in [0.2, 0.25) is 0 Å². The Kier molecular flexibility index (Phi) is 4.35. The highest BCUT2D eigenvalue weighted by molar-refractivity contribution is 5.66. The number of hydrogen-bond donors (Lipinski definition) is 1. The molecule has 1 aliphatic rings. The van der Waals surface area contributed by atoms with E-state index in [0.29, 0.717) is 18.4 Å². The molecule has 1 rings (SSSR count). The number of hydrogen-bond acceptors (Lipinski definition) is 3. The largest absolute Gasteiger partial charge is 0.481 e. The van der Waals surface area contributed by atoms with E-state index in [0.717, 1.165) is 19.7 Å². The molecule has 0 radical (unpaired) electrons. The zero-order chi connectivity index (χ0) is 10.6. The van der Waals surface area contributed by atoms with Gasteiger partial charge in [0.2, 0.25) is 0 Å². The van der Waals surface area contributed by atoms with E-state index in [-0.39, 0.29) is 6.42 Å². The van der Waals surface area contributed by atoms with E-state index in [2.05, 4.69) is 11.8 Å². The summed E-state index contributed by atoms with van der Waals surface area (Å²) < 4.78 is 5.13. The second-order valence-electron chi connectivity index (χ2n) is 4.10. The van der Waals surface area contributed by atoms with Gasteiger partial charge in [-0.25, -0.2) is 0 Å². The second-order valence-corrected chi connectivity index (χ2v) is 4.10. The van der Waals surface area contributed by atoms with E-state index in [4.69, 9.17) is 9.84 Å². The molecule has 0 unspecified atom stereocenters. The lowest BCUT2D eigenvalue weighted by molar-refractivity contribution is -0.137. The van der Waals surface area contributed by atoms with Crippen LogP contribution in [0.1, 0.15) is 13.3 Å². The Bertz CT molecular complexity index is 196. The molecule has 1 N–H and O–H groups in total. The minimum atomic E-state index is -0.715. The fraction of sp³-hybridized carbons (Fsp3) is 0.900. The fourth-order valence-electron chi connectivity index (χ4n) is 2.01. The van der Waals surface area contributed by atoms with Crippen molar-refractivity contribution in [3.8, 4) is 0 Å². The first-order valence-corrected chi connectivity index (χ1v) is 5.06. The molecule has 4 heteroatoms. The summed E-state index contributed by atoms with van der Waals surface area (Å²) in [6, 6.07) is 0. The number of aliphatic carboxylic acids is 1. The molecule has 2 atom stereocenters. The molecule has 1 fully saturated rings. The maximum atomic E-state index is 10.4. The van der Waals surface area contributed by atoms with Gasteiger partial charge in [-0.2, -0.15) is 0 Å². The van der Waals surface area contributed by atoms with Crippen molar-refractivity contribution in [1.29, 1.82) is 0 Å². The SMILES string of the molecule is COC[C@@H]1CN(CCC(=O)O)C[C@@H]1C. The van der Waals surface area contributed by atoms with Gasteiger partial charge >= 0.3 is 5.97 Å². The Morgan fingerprint density at radius 2 is 2.29 bits per heavy atom. The number of carbonyl (C=O) groups is 1. The van der Waals surface area contributed by atoms with E-state index in [1.54, 1.807) is 7.11 Å². The van der Waals surface area contributed by atoms with Gasteiger partial charge in [-0.15, -0.1) is 0 Å². The van der Waals surface area contributed by atoms with Crippen LogP contribution < -0.4 is 0 Å². The lowest BCUT2D eigenvalue weighted by Crippen LogP contribution is -2.24.